The van der Waals surface area contributed by atoms with Gasteiger partial charge in [-0.05, 0) is 29.8 Å². The Labute approximate surface area is 166 Å². The summed E-state index contributed by atoms with van der Waals surface area (Å²) >= 11 is 0. The molecule has 1 aromatic heterocycles. The number of likely N-dealkylation sites (tertiary alicyclic amines) is 1. The van der Waals surface area contributed by atoms with E-state index in [0.29, 0.717) is 19.1 Å². The first kappa shape index (κ1) is 19.3. The van der Waals surface area contributed by atoms with Gasteiger partial charge < -0.3 is 14.6 Å². The molecule has 2 fully saturated rings. The molecule has 0 saturated carbocycles. The van der Waals surface area contributed by atoms with Crippen molar-refractivity contribution in [3.05, 3.63) is 59.9 Å². The minimum absolute atomic E-state index is 0.312. The van der Waals surface area contributed by atoms with E-state index in [1.807, 2.05) is 24.4 Å². The van der Waals surface area contributed by atoms with Crippen LogP contribution in [0, 0.1) is 0 Å². The van der Waals surface area contributed by atoms with Gasteiger partial charge in [-0.2, -0.15) is 0 Å². The van der Waals surface area contributed by atoms with Crippen LogP contribution in [-0.4, -0.2) is 78.5 Å². The van der Waals surface area contributed by atoms with E-state index in [0.717, 1.165) is 51.7 Å². The minimum atomic E-state index is -0.490. The number of hydrogen-bond donors (Lipinski definition) is 1. The second-order valence-corrected chi connectivity index (χ2v) is 7.67. The summed E-state index contributed by atoms with van der Waals surface area (Å²) in [6, 6.07) is 14.3. The van der Waals surface area contributed by atoms with E-state index in [4.69, 9.17) is 9.47 Å². The molecule has 0 radical (unpaired) electrons. The molecule has 3 heterocycles. The molecule has 2 aliphatic rings. The third kappa shape index (κ3) is 5.29. The zero-order chi connectivity index (χ0) is 19.2. The van der Waals surface area contributed by atoms with Gasteiger partial charge in [0, 0.05) is 57.1 Å². The number of ether oxygens (including phenoxy) is 2. The summed E-state index contributed by atoms with van der Waals surface area (Å²) in [5.74, 6) is 1.36. The van der Waals surface area contributed by atoms with Crippen molar-refractivity contribution < 1.29 is 14.6 Å². The Morgan fingerprint density at radius 2 is 1.96 bits per heavy atom. The number of aliphatic hydroxyl groups is 1. The SMILES string of the molecule is O[C@@H](COc1cccc(CN2CC(c3ccccn3)C2)c1)CN1CCOCC1. The van der Waals surface area contributed by atoms with Crippen LogP contribution >= 0.6 is 0 Å². The molecule has 2 aliphatic heterocycles. The van der Waals surface area contributed by atoms with Gasteiger partial charge in [-0.15, -0.1) is 0 Å². The first-order valence-corrected chi connectivity index (χ1v) is 10.1. The molecule has 150 valence electrons. The zero-order valence-corrected chi connectivity index (χ0v) is 16.2. The number of morpholine rings is 1. The van der Waals surface area contributed by atoms with Crippen molar-refractivity contribution in [2.24, 2.45) is 0 Å². The zero-order valence-electron chi connectivity index (χ0n) is 16.2. The Bertz CT molecular complexity index is 731. The predicted molar refractivity (Wildman–Crippen MR) is 107 cm³/mol. The van der Waals surface area contributed by atoms with Gasteiger partial charge in [0.05, 0.1) is 13.2 Å². The fraction of sp³-hybridized carbons (Fsp3) is 0.500. The van der Waals surface area contributed by atoms with E-state index in [1.165, 1.54) is 11.3 Å². The summed E-state index contributed by atoms with van der Waals surface area (Å²) < 4.78 is 11.2. The Morgan fingerprint density at radius 1 is 1.11 bits per heavy atom. The first-order chi connectivity index (χ1) is 13.8. The Balaban J connectivity index is 1.21. The maximum absolute atomic E-state index is 10.2. The number of hydrogen-bond acceptors (Lipinski definition) is 6. The molecular weight excluding hydrogens is 354 g/mol. The number of β-amino-alcohol motifs (C(OH)–C–C–N with tert-alkyl or cyclic N) is 1. The second-order valence-electron chi connectivity index (χ2n) is 7.67. The first-order valence-electron chi connectivity index (χ1n) is 10.1. The van der Waals surface area contributed by atoms with Gasteiger partial charge in [-0.25, -0.2) is 0 Å². The Morgan fingerprint density at radius 3 is 2.75 bits per heavy atom. The smallest absolute Gasteiger partial charge is 0.119 e. The van der Waals surface area contributed by atoms with Gasteiger partial charge in [-0.1, -0.05) is 18.2 Å². The second kappa shape index (κ2) is 9.47. The molecule has 6 heteroatoms. The molecule has 0 aliphatic carbocycles. The number of rotatable bonds is 8. The van der Waals surface area contributed by atoms with Crippen LogP contribution in [-0.2, 0) is 11.3 Å². The highest BCUT2D eigenvalue weighted by atomic mass is 16.5. The minimum Gasteiger partial charge on any atom is -0.491 e. The van der Waals surface area contributed by atoms with Crippen LogP contribution in [0.3, 0.4) is 0 Å². The molecule has 2 aromatic rings. The third-order valence-electron chi connectivity index (χ3n) is 5.38. The fourth-order valence-electron chi connectivity index (χ4n) is 3.82. The van der Waals surface area contributed by atoms with Crippen LogP contribution in [0.5, 0.6) is 5.75 Å². The van der Waals surface area contributed by atoms with Crippen LogP contribution in [0.25, 0.3) is 0 Å². The van der Waals surface area contributed by atoms with Crippen molar-refractivity contribution in [2.75, 3.05) is 52.5 Å². The van der Waals surface area contributed by atoms with Gasteiger partial charge in [-0.3, -0.25) is 14.8 Å². The lowest BCUT2D eigenvalue weighted by Gasteiger charge is -2.39. The summed E-state index contributed by atoms with van der Waals surface area (Å²) in [4.78, 5) is 9.10. The molecule has 0 spiro atoms. The summed E-state index contributed by atoms with van der Waals surface area (Å²) in [7, 11) is 0. The van der Waals surface area contributed by atoms with Gasteiger partial charge >= 0.3 is 0 Å². The topological polar surface area (TPSA) is 58.1 Å². The highest BCUT2D eigenvalue weighted by Crippen LogP contribution is 2.27. The van der Waals surface area contributed by atoms with Gasteiger partial charge in [0.2, 0.25) is 0 Å². The summed E-state index contributed by atoms with van der Waals surface area (Å²) in [6.45, 7) is 7.18. The lowest BCUT2D eigenvalue weighted by atomic mass is 9.95. The number of nitrogens with zero attached hydrogens (tertiary/aromatic N) is 3. The van der Waals surface area contributed by atoms with Gasteiger partial charge in [0.1, 0.15) is 18.5 Å². The van der Waals surface area contributed by atoms with E-state index in [2.05, 4.69) is 39.0 Å². The molecule has 28 heavy (non-hydrogen) atoms. The third-order valence-corrected chi connectivity index (χ3v) is 5.38. The van der Waals surface area contributed by atoms with Crippen LogP contribution < -0.4 is 4.74 Å². The number of aliphatic hydroxyl groups excluding tert-OH is 1. The van der Waals surface area contributed by atoms with E-state index < -0.39 is 6.10 Å². The molecule has 1 atom stereocenters. The van der Waals surface area contributed by atoms with E-state index in [1.54, 1.807) is 0 Å². The molecule has 2 saturated heterocycles. The molecule has 4 rings (SSSR count). The van der Waals surface area contributed by atoms with E-state index in [-0.39, 0.29) is 0 Å². The molecule has 1 aromatic carbocycles. The van der Waals surface area contributed by atoms with Crippen molar-refractivity contribution in [1.29, 1.82) is 0 Å². The lowest BCUT2D eigenvalue weighted by molar-refractivity contribution is 0.00464. The number of pyridine rings is 1. The van der Waals surface area contributed by atoms with Crippen LogP contribution in [0.1, 0.15) is 17.2 Å². The van der Waals surface area contributed by atoms with E-state index in [9.17, 15) is 5.11 Å². The summed E-state index contributed by atoms with van der Waals surface area (Å²) in [5, 5.41) is 10.2. The molecule has 6 nitrogen and oxygen atoms in total. The van der Waals surface area contributed by atoms with Gasteiger partial charge in [0.15, 0.2) is 0 Å². The normalized spacial score (nSPS) is 19.9. The highest BCUT2D eigenvalue weighted by Gasteiger charge is 2.28. The average Bonchev–Trinajstić information content (AvgIpc) is 2.71. The standard InChI is InChI=1S/C22H29N3O3/c26-20(16-24-8-10-27-11-9-24)17-28-21-5-3-4-18(12-21)13-25-14-19(15-25)22-6-1-2-7-23-22/h1-7,12,19-20,26H,8-11,13-17H2/t20-/m1/s1. The Kier molecular flexibility index (Phi) is 6.54. The molecular formula is C22H29N3O3. The number of aromatic nitrogens is 1. The Hall–Kier alpha value is -1.99. The molecule has 1 N–H and O–H groups in total. The molecule has 0 unspecified atom stereocenters. The predicted octanol–water partition coefficient (Wildman–Crippen LogP) is 1.75. The molecule has 0 amide bonds. The fourth-order valence-corrected chi connectivity index (χ4v) is 3.82. The van der Waals surface area contributed by atoms with Crippen LogP contribution in [0.15, 0.2) is 48.7 Å². The molecule has 0 bridgehead atoms. The lowest BCUT2D eigenvalue weighted by Crippen LogP contribution is -2.44. The quantitative estimate of drug-likeness (QED) is 0.750. The van der Waals surface area contributed by atoms with Crippen LogP contribution in [0.4, 0.5) is 0 Å². The summed E-state index contributed by atoms with van der Waals surface area (Å²) in [6.07, 6.45) is 1.38. The largest absolute Gasteiger partial charge is 0.491 e. The van der Waals surface area contributed by atoms with Crippen LogP contribution in [0.2, 0.25) is 0 Å². The highest BCUT2D eigenvalue weighted by molar-refractivity contribution is 5.29. The van der Waals surface area contributed by atoms with Crippen molar-refractivity contribution >= 4 is 0 Å². The summed E-state index contributed by atoms with van der Waals surface area (Å²) in [5.41, 5.74) is 2.42. The van der Waals surface area contributed by atoms with Gasteiger partial charge in [0.25, 0.3) is 0 Å². The van der Waals surface area contributed by atoms with E-state index >= 15 is 0 Å². The number of benzene rings is 1. The van der Waals surface area contributed by atoms with Crippen molar-refractivity contribution in [2.45, 2.75) is 18.6 Å². The average molecular weight is 383 g/mol. The van der Waals surface area contributed by atoms with Crippen molar-refractivity contribution in [3.8, 4) is 5.75 Å². The maximum Gasteiger partial charge on any atom is 0.119 e. The maximum atomic E-state index is 10.2. The monoisotopic (exact) mass is 383 g/mol. The van der Waals surface area contributed by atoms with Crippen molar-refractivity contribution in [1.82, 2.24) is 14.8 Å². The van der Waals surface area contributed by atoms with Crippen molar-refractivity contribution in [3.63, 3.8) is 0 Å².